The fourth-order valence-corrected chi connectivity index (χ4v) is 1.46. The molecule has 1 N–H and O–H groups in total. The maximum absolute atomic E-state index is 12.7. The third kappa shape index (κ3) is 2.68. The van der Waals surface area contributed by atoms with Gasteiger partial charge < -0.3 is 5.32 Å². The van der Waals surface area contributed by atoms with Crippen molar-refractivity contribution in [3.63, 3.8) is 0 Å². The summed E-state index contributed by atoms with van der Waals surface area (Å²) >= 11 is 0. The normalized spacial score (nSPS) is 14.0. The molecular formula is C10H11F4N. The van der Waals surface area contributed by atoms with Crippen molar-refractivity contribution < 1.29 is 17.6 Å². The first-order valence-electron chi connectivity index (χ1n) is 4.36. The van der Waals surface area contributed by atoms with E-state index in [1.807, 2.05) is 0 Å². The summed E-state index contributed by atoms with van der Waals surface area (Å²) in [5.41, 5.74) is 0.332. The molecular weight excluding hydrogens is 210 g/mol. The van der Waals surface area contributed by atoms with Crippen molar-refractivity contribution in [2.45, 2.75) is 19.1 Å². The highest BCUT2D eigenvalue weighted by Crippen LogP contribution is 2.33. The minimum Gasteiger partial charge on any atom is -0.306 e. The van der Waals surface area contributed by atoms with Gasteiger partial charge in [0.1, 0.15) is 11.9 Å². The van der Waals surface area contributed by atoms with E-state index in [0.29, 0.717) is 0 Å². The van der Waals surface area contributed by atoms with Gasteiger partial charge in [-0.05, 0) is 37.2 Å². The van der Waals surface area contributed by atoms with Crippen LogP contribution < -0.4 is 5.32 Å². The molecule has 0 saturated carbocycles. The van der Waals surface area contributed by atoms with Gasteiger partial charge in [0.25, 0.3) is 0 Å². The van der Waals surface area contributed by atoms with Crippen molar-refractivity contribution in [3.8, 4) is 0 Å². The van der Waals surface area contributed by atoms with Crippen LogP contribution in [0, 0.1) is 12.7 Å². The van der Waals surface area contributed by atoms with Gasteiger partial charge in [-0.1, -0.05) is 6.07 Å². The van der Waals surface area contributed by atoms with Crippen LogP contribution in [0.3, 0.4) is 0 Å². The lowest BCUT2D eigenvalue weighted by atomic mass is 10.0. The van der Waals surface area contributed by atoms with E-state index in [2.05, 4.69) is 5.32 Å². The van der Waals surface area contributed by atoms with Crippen LogP contribution in [0.4, 0.5) is 17.6 Å². The summed E-state index contributed by atoms with van der Waals surface area (Å²) in [6.07, 6.45) is -4.38. The fraction of sp³-hybridized carbons (Fsp3) is 0.400. The summed E-state index contributed by atoms with van der Waals surface area (Å²) in [4.78, 5) is 0. The standard InChI is InChI=1S/C10H11F4N/c1-6-5-7(11)3-4-8(6)9(15-2)10(12,13)14/h3-5,9,15H,1-2H3. The Labute approximate surface area is 85.1 Å². The molecule has 1 aromatic rings. The van der Waals surface area contributed by atoms with Crippen molar-refractivity contribution in [2.24, 2.45) is 0 Å². The molecule has 1 nitrogen and oxygen atoms in total. The van der Waals surface area contributed by atoms with Crippen LogP contribution in [0.5, 0.6) is 0 Å². The van der Waals surface area contributed by atoms with Crippen LogP contribution >= 0.6 is 0 Å². The summed E-state index contributed by atoms with van der Waals surface area (Å²) in [6.45, 7) is 1.45. The first kappa shape index (κ1) is 12.0. The Morgan fingerprint density at radius 3 is 2.27 bits per heavy atom. The van der Waals surface area contributed by atoms with E-state index in [1.54, 1.807) is 0 Å². The molecule has 0 aliphatic heterocycles. The minimum atomic E-state index is -4.38. The van der Waals surface area contributed by atoms with E-state index in [1.165, 1.54) is 14.0 Å². The monoisotopic (exact) mass is 221 g/mol. The van der Waals surface area contributed by atoms with Crippen LogP contribution in [-0.4, -0.2) is 13.2 Å². The smallest absolute Gasteiger partial charge is 0.306 e. The summed E-state index contributed by atoms with van der Waals surface area (Å²) in [6, 6.07) is 1.52. The molecule has 0 saturated heterocycles. The molecule has 15 heavy (non-hydrogen) atoms. The number of nitrogens with one attached hydrogen (secondary N) is 1. The van der Waals surface area contributed by atoms with Gasteiger partial charge in [0.2, 0.25) is 0 Å². The lowest BCUT2D eigenvalue weighted by Crippen LogP contribution is -2.32. The van der Waals surface area contributed by atoms with E-state index < -0.39 is 18.0 Å². The van der Waals surface area contributed by atoms with Gasteiger partial charge in [0.05, 0.1) is 0 Å². The molecule has 0 aromatic heterocycles. The first-order chi connectivity index (χ1) is 6.86. The average Bonchev–Trinajstić information content (AvgIpc) is 2.07. The number of rotatable bonds is 2. The minimum absolute atomic E-state index is 0.0476. The second kappa shape index (κ2) is 4.18. The van der Waals surface area contributed by atoms with Gasteiger partial charge in [-0.25, -0.2) is 4.39 Å². The molecule has 84 valence electrons. The Hall–Kier alpha value is -1.10. The van der Waals surface area contributed by atoms with E-state index in [0.717, 1.165) is 18.2 Å². The van der Waals surface area contributed by atoms with Gasteiger partial charge in [0, 0.05) is 0 Å². The van der Waals surface area contributed by atoms with Gasteiger partial charge in [-0.3, -0.25) is 0 Å². The van der Waals surface area contributed by atoms with Crippen LogP contribution in [-0.2, 0) is 0 Å². The number of aryl methyl sites for hydroxylation is 1. The quantitative estimate of drug-likeness (QED) is 0.757. The second-order valence-electron chi connectivity index (χ2n) is 3.26. The Morgan fingerprint density at radius 1 is 1.27 bits per heavy atom. The molecule has 0 bridgehead atoms. The predicted molar refractivity (Wildman–Crippen MR) is 49.0 cm³/mol. The Balaban J connectivity index is 3.13. The second-order valence-corrected chi connectivity index (χ2v) is 3.26. The topological polar surface area (TPSA) is 12.0 Å². The number of benzene rings is 1. The van der Waals surface area contributed by atoms with Crippen molar-refractivity contribution in [1.82, 2.24) is 5.32 Å². The molecule has 0 heterocycles. The lowest BCUT2D eigenvalue weighted by Gasteiger charge is -2.21. The van der Waals surface area contributed by atoms with Gasteiger partial charge >= 0.3 is 6.18 Å². The number of alkyl halides is 3. The predicted octanol–water partition coefficient (Wildman–Crippen LogP) is 2.96. The average molecular weight is 221 g/mol. The molecule has 1 aromatic carbocycles. The molecule has 0 fully saturated rings. The highest BCUT2D eigenvalue weighted by molar-refractivity contribution is 5.30. The third-order valence-electron chi connectivity index (χ3n) is 2.16. The highest BCUT2D eigenvalue weighted by Gasteiger charge is 2.40. The van der Waals surface area contributed by atoms with Crippen molar-refractivity contribution in [2.75, 3.05) is 7.05 Å². The molecule has 0 radical (unpaired) electrons. The fourth-order valence-electron chi connectivity index (χ4n) is 1.46. The molecule has 1 atom stereocenters. The molecule has 0 amide bonds. The number of hydrogen-bond donors (Lipinski definition) is 1. The van der Waals surface area contributed by atoms with Crippen molar-refractivity contribution in [3.05, 3.63) is 35.1 Å². The zero-order chi connectivity index (χ0) is 11.6. The zero-order valence-corrected chi connectivity index (χ0v) is 8.32. The van der Waals surface area contributed by atoms with Gasteiger partial charge in [-0.2, -0.15) is 13.2 Å². The van der Waals surface area contributed by atoms with Crippen LogP contribution in [0.25, 0.3) is 0 Å². The molecule has 0 aliphatic rings. The van der Waals surface area contributed by atoms with Crippen LogP contribution in [0.1, 0.15) is 17.2 Å². The molecule has 1 unspecified atom stereocenters. The number of hydrogen-bond acceptors (Lipinski definition) is 1. The van der Waals surface area contributed by atoms with Crippen molar-refractivity contribution >= 4 is 0 Å². The zero-order valence-electron chi connectivity index (χ0n) is 8.32. The van der Waals surface area contributed by atoms with Gasteiger partial charge in [-0.15, -0.1) is 0 Å². The largest absolute Gasteiger partial charge is 0.407 e. The summed E-state index contributed by atoms with van der Waals surface area (Å²) in [5.74, 6) is -0.534. The molecule has 0 spiro atoms. The highest BCUT2D eigenvalue weighted by atomic mass is 19.4. The van der Waals surface area contributed by atoms with E-state index >= 15 is 0 Å². The Morgan fingerprint density at radius 2 is 1.87 bits per heavy atom. The number of halogens is 4. The van der Waals surface area contributed by atoms with Crippen molar-refractivity contribution in [1.29, 1.82) is 0 Å². The van der Waals surface area contributed by atoms with Crippen LogP contribution in [0.2, 0.25) is 0 Å². The summed E-state index contributed by atoms with van der Waals surface area (Å²) in [5, 5.41) is 2.17. The lowest BCUT2D eigenvalue weighted by molar-refractivity contribution is -0.156. The Kier molecular flexibility index (Phi) is 3.34. The third-order valence-corrected chi connectivity index (χ3v) is 2.16. The van der Waals surface area contributed by atoms with E-state index in [4.69, 9.17) is 0 Å². The molecule has 0 aliphatic carbocycles. The SMILES string of the molecule is CNC(c1ccc(F)cc1C)C(F)(F)F. The maximum Gasteiger partial charge on any atom is 0.407 e. The Bertz CT molecular complexity index is 346. The van der Waals surface area contributed by atoms with Crippen LogP contribution in [0.15, 0.2) is 18.2 Å². The maximum atomic E-state index is 12.7. The summed E-state index contributed by atoms with van der Waals surface area (Å²) in [7, 11) is 1.22. The first-order valence-corrected chi connectivity index (χ1v) is 4.36. The van der Waals surface area contributed by atoms with E-state index in [-0.39, 0.29) is 11.1 Å². The molecule has 5 heteroatoms. The molecule has 1 rings (SSSR count). The summed E-state index contributed by atoms with van der Waals surface area (Å²) < 4.78 is 50.3. The van der Waals surface area contributed by atoms with E-state index in [9.17, 15) is 17.6 Å². The van der Waals surface area contributed by atoms with Gasteiger partial charge in [0.15, 0.2) is 0 Å².